The second kappa shape index (κ2) is 7.81. The first kappa shape index (κ1) is 17.6. The van der Waals surface area contributed by atoms with Crippen LogP contribution in [0.15, 0.2) is 48.9 Å². The highest BCUT2D eigenvalue weighted by atomic mass is 19.1. The molecule has 3 aromatic rings. The number of benzene rings is 1. The normalized spacial score (nSPS) is 17.0. The van der Waals surface area contributed by atoms with Gasteiger partial charge in [-0.25, -0.2) is 19.0 Å². The molecule has 27 heavy (non-hydrogen) atoms. The van der Waals surface area contributed by atoms with Crippen molar-refractivity contribution >= 4 is 5.95 Å². The van der Waals surface area contributed by atoms with Gasteiger partial charge < -0.3 is 14.4 Å². The van der Waals surface area contributed by atoms with Gasteiger partial charge in [-0.3, -0.25) is 0 Å². The number of rotatable bonds is 5. The second-order valence-corrected chi connectivity index (χ2v) is 6.34. The molecule has 1 aromatic carbocycles. The summed E-state index contributed by atoms with van der Waals surface area (Å²) in [6.45, 7) is 2.49. The summed E-state index contributed by atoms with van der Waals surface area (Å²) in [7, 11) is 1.93. The lowest BCUT2D eigenvalue weighted by Gasteiger charge is -2.27. The lowest BCUT2D eigenvalue weighted by molar-refractivity contribution is -0.0837. The minimum absolute atomic E-state index is 0.0113. The minimum Gasteiger partial charge on any atom is -0.376 e. The van der Waals surface area contributed by atoms with Crippen molar-refractivity contribution in [1.29, 1.82) is 0 Å². The van der Waals surface area contributed by atoms with Gasteiger partial charge in [0, 0.05) is 31.5 Å². The molecule has 0 saturated carbocycles. The number of hydrogen-bond acceptors (Lipinski definition) is 6. The molecule has 1 saturated heterocycles. The van der Waals surface area contributed by atoms with Crippen molar-refractivity contribution in [1.82, 2.24) is 19.7 Å². The molecule has 140 valence electrons. The van der Waals surface area contributed by atoms with E-state index in [0.29, 0.717) is 32.3 Å². The summed E-state index contributed by atoms with van der Waals surface area (Å²) in [6, 6.07) is 8.01. The van der Waals surface area contributed by atoms with Crippen molar-refractivity contribution in [2.24, 2.45) is 0 Å². The topological polar surface area (TPSA) is 65.3 Å². The van der Waals surface area contributed by atoms with E-state index in [1.807, 2.05) is 24.2 Å². The molecule has 1 fully saturated rings. The molecular weight excluding hydrogens is 349 g/mol. The first-order valence-electron chi connectivity index (χ1n) is 8.73. The number of anilines is 1. The molecule has 0 spiro atoms. The van der Waals surface area contributed by atoms with Crippen LogP contribution in [0, 0.1) is 5.82 Å². The maximum Gasteiger partial charge on any atom is 0.225 e. The van der Waals surface area contributed by atoms with E-state index in [1.165, 1.54) is 12.1 Å². The summed E-state index contributed by atoms with van der Waals surface area (Å²) in [5.74, 6) is 0.332. The Bertz CT molecular complexity index is 893. The van der Waals surface area contributed by atoms with Crippen LogP contribution in [0.5, 0.6) is 0 Å². The van der Waals surface area contributed by atoms with Crippen molar-refractivity contribution in [2.75, 3.05) is 38.3 Å². The van der Waals surface area contributed by atoms with Crippen LogP contribution in [0.3, 0.4) is 0 Å². The van der Waals surface area contributed by atoms with Gasteiger partial charge in [0.05, 0.1) is 43.5 Å². The molecule has 8 heteroatoms. The van der Waals surface area contributed by atoms with Crippen LogP contribution in [0.25, 0.3) is 16.9 Å². The lowest BCUT2D eigenvalue weighted by atomic mass is 10.2. The Balaban J connectivity index is 1.51. The summed E-state index contributed by atoms with van der Waals surface area (Å²) in [5, 5.41) is 4.34. The molecule has 3 heterocycles. The van der Waals surface area contributed by atoms with E-state index >= 15 is 0 Å². The Morgan fingerprint density at radius 1 is 1.22 bits per heavy atom. The highest BCUT2D eigenvalue weighted by Crippen LogP contribution is 2.20. The van der Waals surface area contributed by atoms with Crippen molar-refractivity contribution in [3.8, 4) is 16.9 Å². The van der Waals surface area contributed by atoms with E-state index < -0.39 is 0 Å². The Hall–Kier alpha value is -2.84. The summed E-state index contributed by atoms with van der Waals surface area (Å²) >= 11 is 0. The first-order valence-corrected chi connectivity index (χ1v) is 8.73. The number of hydrogen-bond donors (Lipinski definition) is 0. The maximum absolute atomic E-state index is 13.1. The molecule has 2 aromatic heterocycles. The largest absolute Gasteiger partial charge is 0.376 e. The van der Waals surface area contributed by atoms with Crippen molar-refractivity contribution in [3.05, 3.63) is 54.7 Å². The van der Waals surface area contributed by atoms with Gasteiger partial charge in [0.1, 0.15) is 5.82 Å². The summed E-state index contributed by atoms with van der Waals surface area (Å²) in [4.78, 5) is 10.9. The van der Waals surface area contributed by atoms with Gasteiger partial charge in [-0.15, -0.1) is 0 Å². The van der Waals surface area contributed by atoms with Gasteiger partial charge in [-0.2, -0.15) is 5.10 Å². The summed E-state index contributed by atoms with van der Waals surface area (Å²) in [5.41, 5.74) is 2.40. The maximum atomic E-state index is 13.1. The highest BCUT2D eigenvalue weighted by Gasteiger charge is 2.18. The first-order chi connectivity index (χ1) is 13.2. The Labute approximate surface area is 156 Å². The Morgan fingerprint density at radius 3 is 2.85 bits per heavy atom. The quantitative estimate of drug-likeness (QED) is 0.688. The smallest absolute Gasteiger partial charge is 0.225 e. The van der Waals surface area contributed by atoms with E-state index in [1.54, 1.807) is 29.2 Å². The van der Waals surface area contributed by atoms with Gasteiger partial charge in [-0.1, -0.05) is 0 Å². The molecule has 1 atom stereocenters. The third-order valence-corrected chi connectivity index (χ3v) is 4.32. The van der Waals surface area contributed by atoms with Crippen LogP contribution in [0.2, 0.25) is 0 Å². The molecule has 0 amide bonds. The average molecular weight is 369 g/mol. The summed E-state index contributed by atoms with van der Waals surface area (Å²) < 4.78 is 25.9. The Morgan fingerprint density at radius 2 is 2.07 bits per heavy atom. The van der Waals surface area contributed by atoms with Crippen molar-refractivity contribution < 1.29 is 13.9 Å². The number of halogens is 1. The van der Waals surface area contributed by atoms with Gasteiger partial charge in [0.2, 0.25) is 5.95 Å². The third kappa shape index (κ3) is 4.12. The Kier molecular flexibility index (Phi) is 5.08. The molecule has 0 N–H and O–H groups in total. The van der Waals surface area contributed by atoms with Crippen LogP contribution in [-0.2, 0) is 9.47 Å². The molecule has 0 radical (unpaired) electrons. The summed E-state index contributed by atoms with van der Waals surface area (Å²) in [6.07, 6.45) is 5.32. The van der Waals surface area contributed by atoms with E-state index in [0.717, 1.165) is 16.9 Å². The molecule has 1 unspecified atom stereocenters. The number of aromatic nitrogens is 4. The zero-order chi connectivity index (χ0) is 18.6. The number of nitrogens with zero attached hydrogens (tertiary/aromatic N) is 5. The SMILES string of the molecule is CN(CC1COCCO1)c1nccc(-c2cnn(-c3ccc(F)cc3)c2)n1. The van der Waals surface area contributed by atoms with Crippen LogP contribution >= 0.6 is 0 Å². The zero-order valence-electron chi connectivity index (χ0n) is 15.0. The standard InChI is InChI=1S/C19H20FN5O2/c1-24(12-17-13-26-8-9-27-17)19-21-7-6-18(23-19)14-10-22-25(11-14)16-4-2-15(20)3-5-16/h2-7,10-11,17H,8-9,12-13H2,1H3. The van der Waals surface area contributed by atoms with E-state index in [-0.39, 0.29) is 11.9 Å². The van der Waals surface area contributed by atoms with Crippen LogP contribution in [-0.4, -0.2) is 59.3 Å². The second-order valence-electron chi connectivity index (χ2n) is 6.34. The predicted molar refractivity (Wildman–Crippen MR) is 98.4 cm³/mol. The number of likely N-dealkylation sites (N-methyl/N-ethyl adjacent to an activating group) is 1. The molecular formula is C19H20FN5O2. The fourth-order valence-corrected chi connectivity index (χ4v) is 2.91. The molecule has 4 rings (SSSR count). The molecule has 1 aliphatic heterocycles. The third-order valence-electron chi connectivity index (χ3n) is 4.32. The van der Waals surface area contributed by atoms with Crippen molar-refractivity contribution in [2.45, 2.75) is 6.10 Å². The molecule has 0 bridgehead atoms. The highest BCUT2D eigenvalue weighted by molar-refractivity contribution is 5.59. The van der Waals surface area contributed by atoms with E-state index in [4.69, 9.17) is 9.47 Å². The van der Waals surface area contributed by atoms with Crippen molar-refractivity contribution in [3.63, 3.8) is 0 Å². The zero-order valence-corrected chi connectivity index (χ0v) is 15.0. The average Bonchev–Trinajstić information content (AvgIpc) is 3.20. The molecule has 0 aliphatic carbocycles. The van der Waals surface area contributed by atoms with Gasteiger partial charge >= 0.3 is 0 Å². The van der Waals surface area contributed by atoms with Crippen LogP contribution in [0.4, 0.5) is 10.3 Å². The predicted octanol–water partition coefficient (Wildman–Crippen LogP) is 2.32. The monoisotopic (exact) mass is 369 g/mol. The fraction of sp³-hybridized carbons (Fsp3) is 0.316. The van der Waals surface area contributed by atoms with E-state index in [9.17, 15) is 4.39 Å². The van der Waals surface area contributed by atoms with Crippen LogP contribution in [0.1, 0.15) is 0 Å². The molecule has 1 aliphatic rings. The van der Waals surface area contributed by atoms with Gasteiger partial charge in [0.25, 0.3) is 0 Å². The number of ether oxygens (including phenoxy) is 2. The van der Waals surface area contributed by atoms with E-state index in [2.05, 4.69) is 15.1 Å². The lowest BCUT2D eigenvalue weighted by Crippen LogP contribution is -2.39. The van der Waals surface area contributed by atoms with Gasteiger partial charge in [0.15, 0.2) is 0 Å². The fourth-order valence-electron chi connectivity index (χ4n) is 2.91. The minimum atomic E-state index is -0.276. The molecule has 7 nitrogen and oxygen atoms in total. The van der Waals surface area contributed by atoms with Crippen LogP contribution < -0.4 is 4.90 Å². The van der Waals surface area contributed by atoms with Gasteiger partial charge in [-0.05, 0) is 30.3 Å².